The van der Waals surface area contributed by atoms with E-state index in [1.807, 2.05) is 23.6 Å². The zero-order valence-electron chi connectivity index (χ0n) is 13.4. The van der Waals surface area contributed by atoms with Crippen LogP contribution in [-0.4, -0.2) is 41.1 Å². The fourth-order valence-corrected chi connectivity index (χ4v) is 2.06. The summed E-state index contributed by atoms with van der Waals surface area (Å²) < 4.78 is 0. The fourth-order valence-electron chi connectivity index (χ4n) is 2.06. The highest BCUT2D eigenvalue weighted by atomic mass is 15.3. The summed E-state index contributed by atoms with van der Waals surface area (Å²) in [6, 6.07) is 2.16. The van der Waals surface area contributed by atoms with Crippen LogP contribution in [0.25, 0.3) is 0 Å². The Morgan fingerprint density at radius 3 is 2.14 bits per heavy atom. The minimum absolute atomic E-state index is 0.215. The van der Waals surface area contributed by atoms with E-state index in [-0.39, 0.29) is 5.95 Å². The number of nitrogens with two attached hydrogens (primary N) is 1. The van der Waals surface area contributed by atoms with Crippen LogP contribution in [0.5, 0.6) is 0 Å². The Balaban J connectivity index is 3.09. The predicted octanol–water partition coefficient (Wildman–Crippen LogP) is 1.68. The van der Waals surface area contributed by atoms with E-state index >= 15 is 0 Å². The molecule has 0 aliphatic carbocycles. The first-order chi connectivity index (χ1) is 10.0. The van der Waals surface area contributed by atoms with Crippen molar-refractivity contribution in [3.05, 3.63) is 0 Å². The number of aromatic nitrogens is 3. The van der Waals surface area contributed by atoms with Gasteiger partial charge in [0.15, 0.2) is 0 Å². The van der Waals surface area contributed by atoms with Crippen LogP contribution < -0.4 is 15.5 Å². The summed E-state index contributed by atoms with van der Waals surface area (Å²) in [7, 11) is 0. The number of nitriles is 1. The lowest BCUT2D eigenvalue weighted by atomic mass is 10.2. The number of anilines is 3. The molecule has 0 fully saturated rings. The van der Waals surface area contributed by atoms with Crippen LogP contribution in [0.15, 0.2) is 0 Å². The molecule has 0 saturated heterocycles. The van der Waals surface area contributed by atoms with E-state index in [1.165, 1.54) is 0 Å². The van der Waals surface area contributed by atoms with Crippen molar-refractivity contribution in [1.29, 1.82) is 5.26 Å². The summed E-state index contributed by atoms with van der Waals surface area (Å²) in [6.45, 7) is 11.3. The first-order valence-electron chi connectivity index (χ1n) is 7.40. The maximum Gasteiger partial charge on any atom is 0.231 e. The average molecular weight is 291 g/mol. The number of nitrogen functional groups attached to an aromatic ring is 1. The van der Waals surface area contributed by atoms with Crippen molar-refractivity contribution in [3.8, 4) is 6.07 Å². The molecular formula is C14H25N7. The van der Waals surface area contributed by atoms with Gasteiger partial charge in [-0.2, -0.15) is 20.2 Å². The molecule has 1 heterocycles. The average Bonchev–Trinajstić information content (AvgIpc) is 2.44. The van der Waals surface area contributed by atoms with Gasteiger partial charge in [0, 0.05) is 26.2 Å². The summed E-state index contributed by atoms with van der Waals surface area (Å²) in [6.07, 6.45) is 0.429. The van der Waals surface area contributed by atoms with E-state index < -0.39 is 0 Å². The van der Waals surface area contributed by atoms with Gasteiger partial charge < -0.3 is 15.5 Å². The fraction of sp³-hybridized carbons (Fsp3) is 0.714. The Morgan fingerprint density at radius 1 is 1.10 bits per heavy atom. The van der Waals surface area contributed by atoms with Crippen molar-refractivity contribution in [2.45, 2.75) is 34.1 Å². The Kier molecular flexibility index (Phi) is 6.66. The van der Waals surface area contributed by atoms with Crippen molar-refractivity contribution in [3.63, 3.8) is 0 Å². The molecule has 0 bridgehead atoms. The minimum atomic E-state index is 0.215. The number of hydrogen-bond donors (Lipinski definition) is 1. The summed E-state index contributed by atoms with van der Waals surface area (Å²) in [5, 5.41) is 8.81. The molecule has 1 aromatic heterocycles. The molecule has 1 rings (SSSR count). The van der Waals surface area contributed by atoms with Crippen LogP contribution in [0, 0.1) is 17.2 Å². The molecule has 0 amide bonds. The van der Waals surface area contributed by atoms with Gasteiger partial charge in [0.25, 0.3) is 0 Å². The highest BCUT2D eigenvalue weighted by Crippen LogP contribution is 2.16. The second kappa shape index (κ2) is 8.25. The van der Waals surface area contributed by atoms with Gasteiger partial charge in [0.1, 0.15) is 0 Å². The van der Waals surface area contributed by atoms with Gasteiger partial charge in [-0.3, -0.25) is 0 Å². The third-order valence-electron chi connectivity index (χ3n) is 3.04. The zero-order chi connectivity index (χ0) is 15.8. The third kappa shape index (κ3) is 5.06. The molecule has 0 spiro atoms. The molecule has 0 radical (unpaired) electrons. The first kappa shape index (κ1) is 17.0. The summed E-state index contributed by atoms with van der Waals surface area (Å²) >= 11 is 0. The van der Waals surface area contributed by atoms with Crippen molar-refractivity contribution >= 4 is 17.8 Å². The topological polar surface area (TPSA) is 95.0 Å². The van der Waals surface area contributed by atoms with Crippen LogP contribution in [0.2, 0.25) is 0 Å². The molecule has 0 unspecified atom stereocenters. The van der Waals surface area contributed by atoms with Gasteiger partial charge in [-0.15, -0.1) is 0 Å². The van der Waals surface area contributed by atoms with E-state index in [0.717, 1.165) is 19.6 Å². The van der Waals surface area contributed by atoms with E-state index in [9.17, 15) is 0 Å². The second-order valence-corrected chi connectivity index (χ2v) is 5.21. The normalized spacial score (nSPS) is 10.5. The standard InChI is InChI=1S/C14H25N7/c1-5-20(6-2)13-17-12(16)18-14(19-13)21(9-7-8-15)10-11(3)4/h11H,5-7,9-10H2,1-4H3,(H2,16,17,18,19). The van der Waals surface area contributed by atoms with Crippen LogP contribution in [0.1, 0.15) is 34.1 Å². The molecule has 7 nitrogen and oxygen atoms in total. The summed E-state index contributed by atoms with van der Waals surface area (Å²) in [5.41, 5.74) is 5.82. The largest absolute Gasteiger partial charge is 0.368 e. The highest BCUT2D eigenvalue weighted by molar-refractivity contribution is 5.43. The van der Waals surface area contributed by atoms with Crippen LogP contribution in [0.4, 0.5) is 17.8 Å². The Hall–Kier alpha value is -2.10. The maximum absolute atomic E-state index is 8.81. The minimum Gasteiger partial charge on any atom is -0.368 e. The van der Waals surface area contributed by atoms with Gasteiger partial charge in [0.2, 0.25) is 17.8 Å². The molecule has 116 valence electrons. The van der Waals surface area contributed by atoms with E-state index in [1.54, 1.807) is 0 Å². The molecule has 1 aromatic rings. The van der Waals surface area contributed by atoms with Gasteiger partial charge >= 0.3 is 0 Å². The van der Waals surface area contributed by atoms with Crippen molar-refractivity contribution in [1.82, 2.24) is 15.0 Å². The molecule has 7 heteroatoms. The number of hydrogen-bond acceptors (Lipinski definition) is 7. The maximum atomic E-state index is 8.81. The molecule has 2 N–H and O–H groups in total. The van der Waals surface area contributed by atoms with Crippen molar-refractivity contribution < 1.29 is 0 Å². The molecule has 0 aromatic carbocycles. The Labute approximate surface area is 126 Å². The third-order valence-corrected chi connectivity index (χ3v) is 3.04. The monoisotopic (exact) mass is 291 g/mol. The lowest BCUT2D eigenvalue weighted by Gasteiger charge is -2.25. The number of nitrogens with zero attached hydrogens (tertiary/aromatic N) is 6. The molecule has 0 aliphatic heterocycles. The molecule has 21 heavy (non-hydrogen) atoms. The molecular weight excluding hydrogens is 266 g/mol. The van der Waals surface area contributed by atoms with E-state index in [2.05, 4.69) is 34.9 Å². The van der Waals surface area contributed by atoms with Gasteiger partial charge in [-0.05, 0) is 19.8 Å². The number of rotatable bonds is 8. The predicted molar refractivity (Wildman–Crippen MR) is 85.1 cm³/mol. The first-order valence-corrected chi connectivity index (χ1v) is 7.40. The SMILES string of the molecule is CCN(CC)c1nc(N)nc(N(CCC#N)CC(C)C)n1. The molecule has 0 saturated carbocycles. The quantitative estimate of drug-likeness (QED) is 0.778. The molecule has 0 aliphatic rings. The lowest BCUT2D eigenvalue weighted by Crippen LogP contribution is -2.32. The second-order valence-electron chi connectivity index (χ2n) is 5.21. The smallest absolute Gasteiger partial charge is 0.231 e. The highest BCUT2D eigenvalue weighted by Gasteiger charge is 2.16. The van der Waals surface area contributed by atoms with Crippen molar-refractivity contribution in [2.24, 2.45) is 5.92 Å². The lowest BCUT2D eigenvalue weighted by molar-refractivity contribution is 0.601. The summed E-state index contributed by atoms with van der Waals surface area (Å²) in [5.74, 6) is 1.80. The van der Waals surface area contributed by atoms with E-state index in [0.29, 0.717) is 30.8 Å². The van der Waals surface area contributed by atoms with Crippen LogP contribution in [0.3, 0.4) is 0 Å². The van der Waals surface area contributed by atoms with Crippen LogP contribution in [-0.2, 0) is 0 Å². The van der Waals surface area contributed by atoms with Gasteiger partial charge in [-0.1, -0.05) is 13.8 Å². The van der Waals surface area contributed by atoms with Gasteiger partial charge in [-0.25, -0.2) is 0 Å². The van der Waals surface area contributed by atoms with Crippen molar-refractivity contribution in [2.75, 3.05) is 41.7 Å². The van der Waals surface area contributed by atoms with Crippen LogP contribution >= 0.6 is 0 Å². The van der Waals surface area contributed by atoms with E-state index in [4.69, 9.17) is 11.0 Å². The van der Waals surface area contributed by atoms with Gasteiger partial charge in [0.05, 0.1) is 12.5 Å². The zero-order valence-corrected chi connectivity index (χ0v) is 13.4. The molecule has 0 atom stereocenters. The Bertz CT molecular complexity index is 477. The summed E-state index contributed by atoms with van der Waals surface area (Å²) in [4.78, 5) is 17.0. The Morgan fingerprint density at radius 2 is 1.67 bits per heavy atom.